The molecule has 0 saturated heterocycles. The number of furan rings is 1. The minimum Gasteiger partial charge on any atom is -0.457 e. The Bertz CT molecular complexity index is 1240. The average Bonchev–Trinajstić information content (AvgIpc) is 3.29. The maximum atomic E-state index is 12.2. The summed E-state index contributed by atoms with van der Waals surface area (Å²) >= 11 is 0. The third kappa shape index (κ3) is 5.28. The molecule has 0 aliphatic carbocycles. The normalized spacial score (nSPS) is 10.8. The van der Waals surface area contributed by atoms with Gasteiger partial charge in [-0.1, -0.05) is 18.2 Å². The van der Waals surface area contributed by atoms with Gasteiger partial charge in [-0.15, -0.1) is 0 Å². The maximum absolute atomic E-state index is 12.2. The van der Waals surface area contributed by atoms with Crippen molar-refractivity contribution in [3.8, 4) is 22.8 Å². The van der Waals surface area contributed by atoms with Crippen LogP contribution in [-0.2, 0) is 4.79 Å². The van der Waals surface area contributed by atoms with Crippen molar-refractivity contribution in [2.24, 2.45) is 0 Å². The van der Waals surface area contributed by atoms with Gasteiger partial charge in [-0.3, -0.25) is 14.9 Å². The van der Waals surface area contributed by atoms with Crippen LogP contribution in [0, 0.1) is 10.1 Å². The Hall–Kier alpha value is -4.65. The molecular weight excluding hydrogens is 408 g/mol. The minimum atomic E-state index is -0.456. The van der Waals surface area contributed by atoms with E-state index in [0.29, 0.717) is 28.5 Å². The fourth-order valence-electron chi connectivity index (χ4n) is 2.92. The third-order valence-corrected chi connectivity index (χ3v) is 4.49. The number of nitrogens with zero attached hydrogens (tertiary/aromatic N) is 1. The number of rotatable bonds is 7. The van der Waals surface area contributed by atoms with Crippen molar-refractivity contribution in [1.82, 2.24) is 0 Å². The van der Waals surface area contributed by atoms with Crippen LogP contribution in [0.1, 0.15) is 5.76 Å². The molecule has 0 saturated carbocycles. The van der Waals surface area contributed by atoms with Crippen molar-refractivity contribution in [3.05, 3.63) is 113 Å². The first kappa shape index (κ1) is 20.6. The molecule has 3 aromatic carbocycles. The molecule has 0 bridgehead atoms. The van der Waals surface area contributed by atoms with Gasteiger partial charge in [0.1, 0.15) is 23.0 Å². The average molecular weight is 426 g/mol. The fraction of sp³-hybridized carbons (Fsp3) is 0. The predicted molar refractivity (Wildman–Crippen MR) is 121 cm³/mol. The lowest BCUT2D eigenvalue weighted by atomic mass is 10.1. The molecule has 7 nitrogen and oxygen atoms in total. The predicted octanol–water partition coefficient (Wildman–Crippen LogP) is 6.30. The molecule has 1 N–H and O–H groups in total. The van der Waals surface area contributed by atoms with Crippen LogP contribution in [0.4, 0.5) is 11.4 Å². The van der Waals surface area contributed by atoms with Gasteiger partial charge in [-0.25, -0.2) is 0 Å². The summed E-state index contributed by atoms with van der Waals surface area (Å²) in [7, 11) is 0. The second-order valence-corrected chi connectivity index (χ2v) is 6.77. The van der Waals surface area contributed by atoms with Crippen LogP contribution < -0.4 is 10.1 Å². The third-order valence-electron chi connectivity index (χ3n) is 4.49. The van der Waals surface area contributed by atoms with Crippen molar-refractivity contribution in [2.75, 3.05) is 5.32 Å². The fourth-order valence-corrected chi connectivity index (χ4v) is 2.92. The zero-order valence-corrected chi connectivity index (χ0v) is 16.8. The Morgan fingerprint density at radius 2 is 1.56 bits per heavy atom. The first-order valence-electron chi connectivity index (χ1n) is 9.73. The monoisotopic (exact) mass is 426 g/mol. The molecule has 0 aliphatic heterocycles. The smallest absolute Gasteiger partial charge is 0.269 e. The summed E-state index contributed by atoms with van der Waals surface area (Å²) in [5, 5.41) is 13.5. The summed E-state index contributed by atoms with van der Waals surface area (Å²) in [5.41, 5.74) is 1.35. The number of hydrogen-bond donors (Lipinski definition) is 1. The topological polar surface area (TPSA) is 94.6 Å². The van der Waals surface area contributed by atoms with Gasteiger partial charge in [0.05, 0.1) is 4.92 Å². The Kier molecular flexibility index (Phi) is 6.08. The number of benzene rings is 3. The van der Waals surface area contributed by atoms with E-state index in [1.54, 1.807) is 54.6 Å². The summed E-state index contributed by atoms with van der Waals surface area (Å²) in [5.74, 6) is 2.13. The van der Waals surface area contributed by atoms with Gasteiger partial charge in [0.25, 0.3) is 5.69 Å². The van der Waals surface area contributed by atoms with Crippen molar-refractivity contribution in [3.63, 3.8) is 0 Å². The van der Waals surface area contributed by atoms with Crippen molar-refractivity contribution in [2.45, 2.75) is 0 Å². The van der Waals surface area contributed by atoms with Gasteiger partial charge in [-0.05, 0) is 66.7 Å². The molecule has 1 amide bonds. The van der Waals surface area contributed by atoms with Crippen molar-refractivity contribution >= 4 is 23.4 Å². The van der Waals surface area contributed by atoms with Crippen LogP contribution in [0.2, 0.25) is 0 Å². The van der Waals surface area contributed by atoms with Gasteiger partial charge in [0, 0.05) is 29.5 Å². The first-order chi connectivity index (χ1) is 15.6. The number of carbonyl (C=O) groups is 1. The number of non-ortho nitro benzene ring substituents is 1. The summed E-state index contributed by atoms with van der Waals surface area (Å²) in [6, 6.07) is 26.0. The number of hydrogen-bond acceptors (Lipinski definition) is 5. The lowest BCUT2D eigenvalue weighted by Crippen LogP contribution is -2.07. The Labute approximate surface area is 183 Å². The largest absolute Gasteiger partial charge is 0.457 e. The Balaban J connectivity index is 1.34. The molecule has 1 heterocycles. The molecule has 4 aromatic rings. The van der Waals surface area contributed by atoms with Gasteiger partial charge in [-0.2, -0.15) is 0 Å². The van der Waals surface area contributed by atoms with E-state index >= 15 is 0 Å². The maximum Gasteiger partial charge on any atom is 0.269 e. The summed E-state index contributed by atoms with van der Waals surface area (Å²) < 4.78 is 11.4. The molecular formula is C25H18N2O5. The highest BCUT2D eigenvalue weighted by molar-refractivity contribution is 6.01. The molecule has 32 heavy (non-hydrogen) atoms. The van der Waals surface area contributed by atoms with E-state index in [9.17, 15) is 14.9 Å². The van der Waals surface area contributed by atoms with Crippen molar-refractivity contribution < 1.29 is 18.9 Å². The van der Waals surface area contributed by atoms with Crippen LogP contribution in [0.15, 0.2) is 101 Å². The van der Waals surface area contributed by atoms with Gasteiger partial charge in [0.2, 0.25) is 5.91 Å². The van der Waals surface area contributed by atoms with Gasteiger partial charge >= 0.3 is 0 Å². The number of anilines is 1. The molecule has 0 unspecified atom stereocenters. The lowest BCUT2D eigenvalue weighted by molar-refractivity contribution is -0.384. The second-order valence-electron chi connectivity index (χ2n) is 6.77. The van der Waals surface area contributed by atoms with E-state index in [0.717, 1.165) is 5.75 Å². The van der Waals surface area contributed by atoms with Crippen LogP contribution >= 0.6 is 0 Å². The second kappa shape index (κ2) is 9.44. The molecule has 0 spiro atoms. The quantitative estimate of drug-likeness (QED) is 0.213. The van der Waals surface area contributed by atoms with E-state index in [1.165, 1.54) is 18.2 Å². The zero-order valence-electron chi connectivity index (χ0n) is 16.8. The van der Waals surface area contributed by atoms with E-state index < -0.39 is 4.92 Å². The number of nitro benzene ring substituents is 1. The Morgan fingerprint density at radius 3 is 2.25 bits per heavy atom. The van der Waals surface area contributed by atoms with Crippen LogP contribution in [0.3, 0.4) is 0 Å². The number of amides is 1. The number of carbonyl (C=O) groups excluding carboxylic acids is 1. The van der Waals surface area contributed by atoms with Gasteiger partial charge in [0.15, 0.2) is 0 Å². The summed E-state index contributed by atoms with van der Waals surface area (Å²) in [6.07, 6.45) is 2.92. The highest BCUT2D eigenvalue weighted by Crippen LogP contribution is 2.25. The van der Waals surface area contributed by atoms with Crippen molar-refractivity contribution in [1.29, 1.82) is 0 Å². The highest BCUT2D eigenvalue weighted by atomic mass is 16.6. The highest BCUT2D eigenvalue weighted by Gasteiger charge is 2.08. The van der Waals surface area contributed by atoms with E-state index in [4.69, 9.17) is 9.15 Å². The standard InChI is InChI=1S/C25H18N2O5/c28-25(26-19-8-12-22(13-9-19)31-21-4-2-1-3-5-21)17-15-23-14-16-24(32-23)18-6-10-20(11-7-18)27(29)30/h1-17H,(H,26,28)/b17-15+. The SMILES string of the molecule is O=C(/C=C/c1ccc(-c2ccc([N+](=O)[O-])cc2)o1)Nc1ccc(Oc2ccccc2)cc1. The molecule has 1 aromatic heterocycles. The number of para-hydroxylation sites is 1. The summed E-state index contributed by atoms with van der Waals surface area (Å²) in [6.45, 7) is 0. The van der Waals surface area contributed by atoms with Crippen LogP contribution in [0.5, 0.6) is 11.5 Å². The number of nitro groups is 1. The molecule has 158 valence electrons. The molecule has 4 rings (SSSR count). The van der Waals surface area contributed by atoms with Gasteiger partial charge < -0.3 is 14.5 Å². The Morgan fingerprint density at radius 1 is 0.875 bits per heavy atom. The molecule has 0 radical (unpaired) electrons. The number of ether oxygens (including phenoxy) is 1. The molecule has 0 atom stereocenters. The first-order valence-corrected chi connectivity index (χ1v) is 9.73. The minimum absolute atomic E-state index is 0.0109. The zero-order chi connectivity index (χ0) is 22.3. The van der Waals surface area contributed by atoms with Crippen LogP contribution in [0.25, 0.3) is 17.4 Å². The molecule has 7 heteroatoms. The van der Waals surface area contributed by atoms with E-state index in [1.807, 2.05) is 30.3 Å². The van der Waals surface area contributed by atoms with E-state index in [-0.39, 0.29) is 11.6 Å². The summed E-state index contributed by atoms with van der Waals surface area (Å²) in [4.78, 5) is 22.5. The number of nitrogens with one attached hydrogen (secondary N) is 1. The molecule has 0 fully saturated rings. The molecule has 0 aliphatic rings. The van der Waals surface area contributed by atoms with Crippen LogP contribution in [-0.4, -0.2) is 10.8 Å². The lowest BCUT2D eigenvalue weighted by Gasteiger charge is -2.07. The van der Waals surface area contributed by atoms with E-state index in [2.05, 4.69) is 5.32 Å².